The normalized spacial score (nSPS) is 19.9. The van der Waals surface area contributed by atoms with Crippen molar-refractivity contribution in [1.29, 1.82) is 0 Å². The number of carboxylic acids is 1. The smallest absolute Gasteiger partial charge is 0.328 e. The molecule has 1 aliphatic rings. The highest BCUT2D eigenvalue weighted by molar-refractivity contribution is 9.10. The van der Waals surface area contributed by atoms with Gasteiger partial charge in [0.2, 0.25) is 0 Å². The van der Waals surface area contributed by atoms with E-state index in [1.54, 1.807) is 6.08 Å². The van der Waals surface area contributed by atoms with E-state index in [4.69, 9.17) is 5.11 Å². The van der Waals surface area contributed by atoms with Gasteiger partial charge in [0.05, 0.1) is 5.69 Å². The van der Waals surface area contributed by atoms with Gasteiger partial charge in [0, 0.05) is 34.6 Å². The van der Waals surface area contributed by atoms with Crippen molar-refractivity contribution in [2.75, 3.05) is 23.7 Å². The molecule has 1 aromatic rings. The predicted octanol–water partition coefficient (Wildman–Crippen LogP) is 3.49. The number of hydrogen-bond acceptors (Lipinski definition) is 3. The Hall–Kier alpha value is -0.940. The van der Waals surface area contributed by atoms with E-state index in [1.807, 2.05) is 30.0 Å². The van der Waals surface area contributed by atoms with Crippen LogP contribution >= 0.6 is 27.7 Å². The number of halogens is 1. The van der Waals surface area contributed by atoms with Crippen LogP contribution in [0, 0.1) is 0 Å². The van der Waals surface area contributed by atoms with Crippen LogP contribution in [0.3, 0.4) is 0 Å². The Morgan fingerprint density at radius 1 is 1.58 bits per heavy atom. The first kappa shape index (κ1) is 14.5. The second-order valence-corrected chi connectivity index (χ2v) is 6.91. The molecule has 5 heteroatoms. The molecule has 0 aliphatic carbocycles. The lowest BCUT2D eigenvalue weighted by Crippen LogP contribution is -2.36. The second kappa shape index (κ2) is 6.48. The molecule has 0 aromatic heterocycles. The fourth-order valence-corrected chi connectivity index (χ4v) is 3.75. The van der Waals surface area contributed by atoms with Gasteiger partial charge in [-0.1, -0.05) is 13.0 Å². The van der Waals surface area contributed by atoms with E-state index in [9.17, 15) is 4.79 Å². The molecule has 2 rings (SSSR count). The molecule has 1 heterocycles. The summed E-state index contributed by atoms with van der Waals surface area (Å²) in [5.74, 6) is 0.218. The molecule has 1 N–H and O–H groups in total. The van der Waals surface area contributed by atoms with Crippen molar-refractivity contribution >= 4 is 45.4 Å². The van der Waals surface area contributed by atoms with Gasteiger partial charge in [-0.25, -0.2) is 4.79 Å². The Morgan fingerprint density at radius 3 is 3.00 bits per heavy atom. The number of aliphatic carboxylic acids is 1. The zero-order valence-corrected chi connectivity index (χ0v) is 13.1. The SMILES string of the molecule is CC1CN(c2ccc(/C=C/C(=O)O)cc2Br)CCS1. The molecule has 1 aliphatic heterocycles. The molecule has 0 saturated carbocycles. The maximum Gasteiger partial charge on any atom is 0.328 e. The third-order valence-electron chi connectivity index (χ3n) is 2.97. The Morgan fingerprint density at radius 2 is 2.37 bits per heavy atom. The minimum absolute atomic E-state index is 0.646. The molecule has 1 fully saturated rings. The van der Waals surface area contributed by atoms with E-state index < -0.39 is 5.97 Å². The number of thioether (sulfide) groups is 1. The molecule has 19 heavy (non-hydrogen) atoms. The summed E-state index contributed by atoms with van der Waals surface area (Å²) in [6, 6.07) is 5.96. The van der Waals surface area contributed by atoms with E-state index in [0.29, 0.717) is 5.25 Å². The van der Waals surface area contributed by atoms with E-state index in [0.717, 1.165) is 35.0 Å². The molecule has 1 unspecified atom stereocenters. The molecular formula is C14H16BrNO2S. The van der Waals surface area contributed by atoms with E-state index in [2.05, 4.69) is 27.8 Å². The van der Waals surface area contributed by atoms with Crippen LogP contribution in [0.25, 0.3) is 6.08 Å². The summed E-state index contributed by atoms with van der Waals surface area (Å²) in [4.78, 5) is 12.9. The first-order valence-electron chi connectivity index (χ1n) is 6.13. The molecular weight excluding hydrogens is 326 g/mol. The molecule has 3 nitrogen and oxygen atoms in total. The minimum atomic E-state index is -0.929. The third-order valence-corrected chi connectivity index (χ3v) is 4.74. The van der Waals surface area contributed by atoms with E-state index in [1.165, 1.54) is 5.69 Å². The van der Waals surface area contributed by atoms with E-state index in [-0.39, 0.29) is 0 Å². The number of hydrogen-bond donors (Lipinski definition) is 1. The van der Waals surface area contributed by atoms with Crippen LogP contribution in [-0.2, 0) is 4.79 Å². The number of carbonyl (C=O) groups is 1. The van der Waals surface area contributed by atoms with Gasteiger partial charge in [-0.3, -0.25) is 0 Å². The first-order chi connectivity index (χ1) is 9.06. The van der Waals surface area contributed by atoms with Gasteiger partial charge < -0.3 is 10.0 Å². The van der Waals surface area contributed by atoms with Crippen LogP contribution in [0.4, 0.5) is 5.69 Å². The maximum absolute atomic E-state index is 10.5. The molecule has 0 radical (unpaired) electrons. The van der Waals surface area contributed by atoms with Gasteiger partial charge in [0.1, 0.15) is 0 Å². The van der Waals surface area contributed by atoms with Crippen molar-refractivity contribution in [2.45, 2.75) is 12.2 Å². The van der Waals surface area contributed by atoms with Gasteiger partial charge >= 0.3 is 5.97 Å². The summed E-state index contributed by atoms with van der Waals surface area (Å²) in [6.45, 7) is 4.35. The number of anilines is 1. The van der Waals surface area contributed by atoms with Crippen LogP contribution in [0.15, 0.2) is 28.7 Å². The van der Waals surface area contributed by atoms with Crippen molar-refractivity contribution in [1.82, 2.24) is 0 Å². The molecule has 1 atom stereocenters. The van der Waals surface area contributed by atoms with E-state index >= 15 is 0 Å². The Bertz CT molecular complexity index is 504. The summed E-state index contributed by atoms with van der Waals surface area (Å²) in [5.41, 5.74) is 2.07. The van der Waals surface area contributed by atoms with Crippen LogP contribution in [0.2, 0.25) is 0 Å². The lowest BCUT2D eigenvalue weighted by atomic mass is 10.1. The molecule has 0 amide bonds. The number of nitrogens with zero attached hydrogens (tertiary/aromatic N) is 1. The molecule has 102 valence electrons. The summed E-state index contributed by atoms with van der Waals surface area (Å²) < 4.78 is 1.01. The first-order valence-corrected chi connectivity index (χ1v) is 7.97. The summed E-state index contributed by atoms with van der Waals surface area (Å²) in [7, 11) is 0. The zero-order chi connectivity index (χ0) is 13.8. The second-order valence-electron chi connectivity index (χ2n) is 4.51. The van der Waals surface area contributed by atoms with Gasteiger partial charge in [-0.05, 0) is 39.7 Å². The molecule has 0 spiro atoms. The molecule has 1 aromatic carbocycles. The van der Waals surface area contributed by atoms with Crippen LogP contribution in [0.1, 0.15) is 12.5 Å². The van der Waals surface area contributed by atoms with Gasteiger partial charge in [0.15, 0.2) is 0 Å². The van der Waals surface area contributed by atoms with Crippen molar-refractivity contribution < 1.29 is 9.90 Å². The fraction of sp³-hybridized carbons (Fsp3) is 0.357. The van der Waals surface area contributed by atoms with Gasteiger partial charge in [0.25, 0.3) is 0 Å². The van der Waals surface area contributed by atoms with Crippen LogP contribution in [-0.4, -0.2) is 35.2 Å². The van der Waals surface area contributed by atoms with Crippen LogP contribution < -0.4 is 4.90 Å². The highest BCUT2D eigenvalue weighted by Gasteiger charge is 2.18. The van der Waals surface area contributed by atoms with Crippen molar-refractivity contribution in [3.8, 4) is 0 Å². The largest absolute Gasteiger partial charge is 0.478 e. The zero-order valence-electron chi connectivity index (χ0n) is 10.7. The highest BCUT2D eigenvalue weighted by Crippen LogP contribution is 2.31. The Labute approximate surface area is 125 Å². The molecule has 0 bridgehead atoms. The van der Waals surface area contributed by atoms with Gasteiger partial charge in [-0.15, -0.1) is 0 Å². The minimum Gasteiger partial charge on any atom is -0.478 e. The quantitative estimate of drug-likeness (QED) is 0.854. The lowest BCUT2D eigenvalue weighted by Gasteiger charge is -2.33. The highest BCUT2D eigenvalue weighted by atomic mass is 79.9. The molecule has 1 saturated heterocycles. The monoisotopic (exact) mass is 341 g/mol. The number of rotatable bonds is 3. The predicted molar refractivity (Wildman–Crippen MR) is 84.9 cm³/mol. The number of benzene rings is 1. The summed E-state index contributed by atoms with van der Waals surface area (Å²) in [5, 5.41) is 9.27. The van der Waals surface area contributed by atoms with Crippen molar-refractivity contribution in [2.24, 2.45) is 0 Å². The van der Waals surface area contributed by atoms with Crippen molar-refractivity contribution in [3.05, 3.63) is 34.3 Å². The average Bonchev–Trinajstić information content (AvgIpc) is 2.36. The standard InChI is InChI=1S/C14H16BrNO2S/c1-10-9-16(6-7-19-10)13-4-2-11(8-12(13)15)3-5-14(17)18/h2-5,8,10H,6-7,9H2,1H3,(H,17,18)/b5-3+. The van der Waals surface area contributed by atoms with Gasteiger partial charge in [-0.2, -0.15) is 11.8 Å². The third kappa shape index (κ3) is 4.01. The lowest BCUT2D eigenvalue weighted by molar-refractivity contribution is -0.131. The topological polar surface area (TPSA) is 40.5 Å². The van der Waals surface area contributed by atoms with Crippen LogP contribution in [0.5, 0.6) is 0 Å². The number of carboxylic acid groups (broad SMARTS) is 1. The van der Waals surface area contributed by atoms with Crippen molar-refractivity contribution in [3.63, 3.8) is 0 Å². The summed E-state index contributed by atoms with van der Waals surface area (Å²) in [6.07, 6.45) is 2.76. The fourth-order valence-electron chi connectivity index (χ4n) is 2.09. The Balaban J connectivity index is 2.17. The Kier molecular flexibility index (Phi) is 4.93. The maximum atomic E-state index is 10.5. The summed E-state index contributed by atoms with van der Waals surface area (Å²) >= 11 is 5.58. The average molecular weight is 342 g/mol.